The number of rotatable bonds is 7. The molecule has 0 bridgehead atoms. The van der Waals surface area contributed by atoms with Crippen LogP contribution in [0.1, 0.15) is 47.0 Å². The highest BCUT2D eigenvalue weighted by Crippen LogP contribution is 2.08. The van der Waals surface area contributed by atoms with Crippen LogP contribution in [0.2, 0.25) is 0 Å². The van der Waals surface area contributed by atoms with Crippen LogP contribution in [0.5, 0.6) is 0 Å². The minimum atomic E-state index is 0.310. The van der Waals surface area contributed by atoms with Gasteiger partial charge in [0.1, 0.15) is 0 Å². The second kappa shape index (κ2) is 7.34. The second-order valence-electron chi connectivity index (χ2n) is 4.19. The van der Waals surface area contributed by atoms with Crippen LogP contribution in [0.3, 0.4) is 0 Å². The summed E-state index contributed by atoms with van der Waals surface area (Å²) in [5.74, 6) is 0.696. The average molecular weight is 187 g/mol. The lowest BCUT2D eigenvalue weighted by atomic mass is 10.00. The Balaban J connectivity index is 3.66. The fourth-order valence-electron chi connectivity index (χ4n) is 1.63. The minimum Gasteiger partial charge on any atom is -0.396 e. The Morgan fingerprint density at radius 2 is 1.85 bits per heavy atom. The van der Waals surface area contributed by atoms with E-state index < -0.39 is 0 Å². The topological polar surface area (TPSA) is 32.3 Å². The highest BCUT2D eigenvalue weighted by Gasteiger charge is 2.12. The molecule has 2 heteroatoms. The molecule has 0 rings (SSSR count). The van der Waals surface area contributed by atoms with E-state index in [0.29, 0.717) is 24.6 Å². The SMILES string of the molecule is CC[C@H](N[C@H](C)CCCO)C(C)C. The molecule has 0 saturated carbocycles. The third-order valence-electron chi connectivity index (χ3n) is 2.54. The van der Waals surface area contributed by atoms with E-state index in [4.69, 9.17) is 5.11 Å². The lowest BCUT2D eigenvalue weighted by molar-refractivity contribution is 0.267. The zero-order chi connectivity index (χ0) is 10.3. The molecule has 0 fully saturated rings. The van der Waals surface area contributed by atoms with Crippen LogP contribution < -0.4 is 5.32 Å². The van der Waals surface area contributed by atoms with E-state index in [1.165, 1.54) is 6.42 Å². The number of hydrogen-bond acceptors (Lipinski definition) is 2. The molecule has 0 aromatic rings. The highest BCUT2D eigenvalue weighted by atomic mass is 16.2. The van der Waals surface area contributed by atoms with Crippen LogP contribution in [-0.2, 0) is 0 Å². The minimum absolute atomic E-state index is 0.310. The van der Waals surface area contributed by atoms with E-state index in [2.05, 4.69) is 33.0 Å². The molecule has 0 unspecified atom stereocenters. The smallest absolute Gasteiger partial charge is 0.0431 e. The van der Waals surface area contributed by atoms with Crippen LogP contribution >= 0.6 is 0 Å². The van der Waals surface area contributed by atoms with Gasteiger partial charge in [-0.3, -0.25) is 0 Å². The van der Waals surface area contributed by atoms with Gasteiger partial charge in [-0.1, -0.05) is 20.8 Å². The number of nitrogens with one attached hydrogen (secondary N) is 1. The molecule has 0 amide bonds. The van der Waals surface area contributed by atoms with Gasteiger partial charge in [-0.25, -0.2) is 0 Å². The lowest BCUT2D eigenvalue weighted by Gasteiger charge is -2.25. The van der Waals surface area contributed by atoms with Gasteiger partial charge in [-0.05, 0) is 32.1 Å². The molecule has 0 aliphatic rings. The maximum atomic E-state index is 8.69. The third-order valence-corrected chi connectivity index (χ3v) is 2.54. The fraction of sp³-hybridized carbons (Fsp3) is 1.00. The molecule has 0 heterocycles. The van der Waals surface area contributed by atoms with Gasteiger partial charge in [0.15, 0.2) is 0 Å². The van der Waals surface area contributed by atoms with Gasteiger partial charge >= 0.3 is 0 Å². The molecular weight excluding hydrogens is 162 g/mol. The van der Waals surface area contributed by atoms with E-state index in [1.54, 1.807) is 0 Å². The van der Waals surface area contributed by atoms with Crippen molar-refractivity contribution in [3.05, 3.63) is 0 Å². The average Bonchev–Trinajstić information content (AvgIpc) is 2.10. The van der Waals surface area contributed by atoms with Gasteiger partial charge in [-0.2, -0.15) is 0 Å². The summed E-state index contributed by atoms with van der Waals surface area (Å²) in [7, 11) is 0. The zero-order valence-electron chi connectivity index (χ0n) is 9.51. The first-order valence-electron chi connectivity index (χ1n) is 5.48. The van der Waals surface area contributed by atoms with E-state index >= 15 is 0 Å². The van der Waals surface area contributed by atoms with Crippen LogP contribution in [-0.4, -0.2) is 23.8 Å². The van der Waals surface area contributed by atoms with Crippen LogP contribution in [0.15, 0.2) is 0 Å². The first-order valence-corrected chi connectivity index (χ1v) is 5.48. The predicted octanol–water partition coefficient (Wildman–Crippen LogP) is 2.17. The fourth-order valence-corrected chi connectivity index (χ4v) is 1.63. The van der Waals surface area contributed by atoms with E-state index in [0.717, 1.165) is 12.8 Å². The van der Waals surface area contributed by atoms with Crippen molar-refractivity contribution in [3.8, 4) is 0 Å². The molecule has 0 aromatic heterocycles. The van der Waals surface area contributed by atoms with Crippen molar-refractivity contribution >= 4 is 0 Å². The molecule has 0 aliphatic heterocycles. The molecule has 0 spiro atoms. The summed E-state index contributed by atoms with van der Waals surface area (Å²) in [6.45, 7) is 9.22. The number of hydrogen-bond donors (Lipinski definition) is 2. The first kappa shape index (κ1) is 12.9. The predicted molar refractivity (Wildman–Crippen MR) is 57.8 cm³/mol. The summed E-state index contributed by atoms with van der Waals surface area (Å²) in [6, 6.07) is 1.15. The quantitative estimate of drug-likeness (QED) is 0.640. The standard InChI is InChI=1S/C11H25NO/c1-5-11(9(2)3)12-10(4)7-6-8-13/h9-13H,5-8H2,1-4H3/t10-,11+/m1/s1. The highest BCUT2D eigenvalue weighted by molar-refractivity contribution is 4.72. The van der Waals surface area contributed by atoms with Gasteiger partial charge in [0.05, 0.1) is 0 Å². The van der Waals surface area contributed by atoms with Gasteiger partial charge in [0.2, 0.25) is 0 Å². The Hall–Kier alpha value is -0.0800. The summed E-state index contributed by atoms with van der Waals surface area (Å²) in [5.41, 5.74) is 0. The molecule has 2 N–H and O–H groups in total. The molecule has 0 aliphatic carbocycles. The molecule has 2 atom stereocenters. The van der Waals surface area contributed by atoms with Gasteiger partial charge in [0.25, 0.3) is 0 Å². The summed E-state index contributed by atoms with van der Waals surface area (Å²) in [6.07, 6.45) is 3.16. The number of aliphatic hydroxyl groups is 1. The molecule has 2 nitrogen and oxygen atoms in total. The van der Waals surface area contributed by atoms with Crippen molar-refractivity contribution in [2.75, 3.05) is 6.61 Å². The van der Waals surface area contributed by atoms with Crippen molar-refractivity contribution in [3.63, 3.8) is 0 Å². The Kier molecular flexibility index (Phi) is 7.29. The maximum absolute atomic E-state index is 8.69. The normalized spacial score (nSPS) is 16.2. The molecule has 13 heavy (non-hydrogen) atoms. The first-order chi connectivity index (χ1) is 6.11. The maximum Gasteiger partial charge on any atom is 0.0431 e. The molecule has 80 valence electrons. The lowest BCUT2D eigenvalue weighted by Crippen LogP contribution is -2.39. The Morgan fingerprint density at radius 3 is 2.23 bits per heavy atom. The van der Waals surface area contributed by atoms with Gasteiger partial charge in [0, 0.05) is 18.7 Å². The van der Waals surface area contributed by atoms with Crippen molar-refractivity contribution in [2.45, 2.75) is 59.0 Å². The molecule has 0 aromatic carbocycles. The van der Waals surface area contributed by atoms with Crippen molar-refractivity contribution in [2.24, 2.45) is 5.92 Å². The van der Waals surface area contributed by atoms with Crippen LogP contribution in [0.25, 0.3) is 0 Å². The van der Waals surface area contributed by atoms with Gasteiger partial charge in [-0.15, -0.1) is 0 Å². The molecule has 0 saturated heterocycles. The third kappa shape index (κ3) is 6.05. The molecule has 0 radical (unpaired) electrons. The summed E-state index contributed by atoms with van der Waals surface area (Å²) >= 11 is 0. The van der Waals surface area contributed by atoms with Crippen LogP contribution in [0, 0.1) is 5.92 Å². The Labute approximate surface area is 82.7 Å². The van der Waals surface area contributed by atoms with Crippen molar-refractivity contribution in [1.29, 1.82) is 0 Å². The molecular formula is C11H25NO. The summed E-state index contributed by atoms with van der Waals surface area (Å²) in [4.78, 5) is 0. The van der Waals surface area contributed by atoms with E-state index in [1.807, 2.05) is 0 Å². The van der Waals surface area contributed by atoms with E-state index in [9.17, 15) is 0 Å². The van der Waals surface area contributed by atoms with Crippen LogP contribution in [0.4, 0.5) is 0 Å². The van der Waals surface area contributed by atoms with E-state index in [-0.39, 0.29) is 0 Å². The largest absolute Gasteiger partial charge is 0.396 e. The number of aliphatic hydroxyl groups excluding tert-OH is 1. The van der Waals surface area contributed by atoms with Gasteiger partial charge < -0.3 is 10.4 Å². The monoisotopic (exact) mass is 187 g/mol. The Bertz CT molecular complexity index is 115. The summed E-state index contributed by atoms with van der Waals surface area (Å²) in [5, 5.41) is 12.3. The summed E-state index contributed by atoms with van der Waals surface area (Å²) < 4.78 is 0. The van der Waals surface area contributed by atoms with Crippen molar-refractivity contribution in [1.82, 2.24) is 5.32 Å². The zero-order valence-corrected chi connectivity index (χ0v) is 9.51. The Morgan fingerprint density at radius 1 is 1.23 bits per heavy atom. The van der Waals surface area contributed by atoms with Crippen molar-refractivity contribution < 1.29 is 5.11 Å². The second-order valence-corrected chi connectivity index (χ2v) is 4.19.